The maximum atomic E-state index is 9.91. The molecule has 4 nitrogen and oxygen atoms in total. The third kappa shape index (κ3) is 3.62. The van der Waals surface area contributed by atoms with Crippen molar-refractivity contribution in [3.8, 4) is 62.5 Å². The van der Waals surface area contributed by atoms with Crippen LogP contribution < -0.4 is 0 Å². The van der Waals surface area contributed by atoms with Gasteiger partial charge in [0.25, 0.3) is 0 Å². The molecular weight excluding hydrogens is 548 g/mol. The van der Waals surface area contributed by atoms with E-state index >= 15 is 0 Å². The van der Waals surface area contributed by atoms with Gasteiger partial charge in [-0.1, -0.05) is 127 Å². The molecule has 2 aliphatic carbocycles. The van der Waals surface area contributed by atoms with E-state index in [1.54, 1.807) is 0 Å². The number of nitrogens with zero attached hydrogens (tertiary/aromatic N) is 4. The van der Waals surface area contributed by atoms with Crippen molar-refractivity contribution in [2.45, 2.75) is 5.41 Å². The third-order valence-electron chi connectivity index (χ3n) is 9.18. The summed E-state index contributed by atoms with van der Waals surface area (Å²) in [7, 11) is 0. The monoisotopic (exact) mass is 572 g/mol. The minimum absolute atomic E-state index is 0.521. The maximum absolute atomic E-state index is 9.91. The zero-order valence-corrected chi connectivity index (χ0v) is 24.1. The summed E-state index contributed by atoms with van der Waals surface area (Å²) in [6.07, 6.45) is 0. The fourth-order valence-corrected chi connectivity index (χ4v) is 7.29. The van der Waals surface area contributed by atoms with Crippen LogP contribution in [0.1, 0.15) is 27.8 Å². The molecule has 0 amide bonds. The fraction of sp³-hybridized carbons (Fsp3) is 0.0244. The lowest BCUT2D eigenvalue weighted by Gasteiger charge is -2.30. The molecule has 1 unspecified atom stereocenters. The Labute approximate surface area is 261 Å². The van der Waals surface area contributed by atoms with E-state index in [1.807, 2.05) is 66.7 Å². The van der Waals surface area contributed by atoms with Crippen LogP contribution in [0.25, 0.3) is 56.4 Å². The average Bonchev–Trinajstić information content (AvgIpc) is 3.58. The van der Waals surface area contributed by atoms with Crippen molar-refractivity contribution in [3.63, 3.8) is 0 Å². The first-order valence-electron chi connectivity index (χ1n) is 15.0. The van der Waals surface area contributed by atoms with Crippen molar-refractivity contribution >= 4 is 0 Å². The van der Waals surface area contributed by atoms with Gasteiger partial charge in [0.2, 0.25) is 0 Å². The Kier molecular flexibility index (Phi) is 5.44. The SMILES string of the molecule is N#Cc1ccc2c(c1)C1(c3ccccc3-c3cc(-c4nc(-c5ccccc5)nc(-c5ccccc5)n4)ccc31)c1ccccc1-2. The second kappa shape index (κ2) is 9.67. The molecule has 1 spiro atoms. The molecule has 4 heteroatoms. The number of hydrogen-bond acceptors (Lipinski definition) is 4. The summed E-state index contributed by atoms with van der Waals surface area (Å²) in [5.74, 6) is 1.90. The molecule has 0 bridgehead atoms. The molecule has 7 aromatic rings. The Balaban J connectivity index is 1.30. The molecule has 9 rings (SSSR count). The predicted molar refractivity (Wildman–Crippen MR) is 177 cm³/mol. The van der Waals surface area contributed by atoms with Gasteiger partial charge in [-0.3, -0.25) is 0 Å². The quantitative estimate of drug-likeness (QED) is 0.212. The van der Waals surface area contributed by atoms with Crippen LogP contribution in [0.5, 0.6) is 0 Å². The third-order valence-corrected chi connectivity index (χ3v) is 9.18. The molecule has 1 heterocycles. The number of benzene rings is 6. The second-order valence-corrected chi connectivity index (χ2v) is 11.5. The Bertz CT molecular complexity index is 2280. The van der Waals surface area contributed by atoms with Gasteiger partial charge >= 0.3 is 0 Å². The van der Waals surface area contributed by atoms with Crippen LogP contribution in [0, 0.1) is 11.3 Å². The first kappa shape index (κ1) is 25.3. The van der Waals surface area contributed by atoms with E-state index in [2.05, 4.69) is 84.9 Å². The highest BCUT2D eigenvalue weighted by Gasteiger charge is 2.51. The van der Waals surface area contributed by atoms with Crippen LogP contribution in [0.4, 0.5) is 0 Å². The molecule has 6 aromatic carbocycles. The van der Waals surface area contributed by atoms with Crippen molar-refractivity contribution in [3.05, 3.63) is 173 Å². The molecule has 0 aliphatic heterocycles. The second-order valence-electron chi connectivity index (χ2n) is 11.5. The Morgan fingerprint density at radius 2 is 0.889 bits per heavy atom. The van der Waals surface area contributed by atoms with Crippen LogP contribution in [-0.2, 0) is 5.41 Å². The summed E-state index contributed by atoms with van der Waals surface area (Å²) in [5.41, 5.74) is 12.5. The minimum atomic E-state index is -0.521. The van der Waals surface area contributed by atoms with Crippen molar-refractivity contribution in [1.82, 2.24) is 15.0 Å². The van der Waals surface area contributed by atoms with E-state index in [0.29, 0.717) is 23.0 Å². The lowest BCUT2D eigenvalue weighted by atomic mass is 9.70. The zero-order valence-electron chi connectivity index (χ0n) is 24.1. The molecule has 45 heavy (non-hydrogen) atoms. The van der Waals surface area contributed by atoms with Gasteiger partial charge in [0.15, 0.2) is 17.5 Å². The van der Waals surface area contributed by atoms with Crippen LogP contribution in [0.3, 0.4) is 0 Å². The topological polar surface area (TPSA) is 62.5 Å². The maximum Gasteiger partial charge on any atom is 0.164 e. The van der Waals surface area contributed by atoms with Gasteiger partial charge in [-0.2, -0.15) is 5.26 Å². The molecule has 0 fully saturated rings. The summed E-state index contributed by atoms with van der Waals surface area (Å²) in [4.78, 5) is 14.9. The van der Waals surface area contributed by atoms with Crippen LogP contribution in [-0.4, -0.2) is 15.0 Å². The zero-order chi connectivity index (χ0) is 30.0. The summed E-state index contributed by atoms with van der Waals surface area (Å²) in [6, 6.07) is 52.6. The standard InChI is InChI=1S/C41H24N4/c42-25-26-19-21-32-30-15-7-9-17-34(30)41(37(32)23-26)35-18-10-8-16-31(35)33-24-29(20-22-36(33)41)40-44-38(27-11-3-1-4-12-27)43-39(45-40)28-13-5-2-6-14-28/h1-24H. The van der Waals surface area contributed by atoms with E-state index in [0.717, 1.165) is 27.8 Å². The van der Waals surface area contributed by atoms with Crippen molar-refractivity contribution in [2.24, 2.45) is 0 Å². The van der Waals surface area contributed by atoms with Gasteiger partial charge < -0.3 is 0 Å². The molecule has 1 aromatic heterocycles. The smallest absolute Gasteiger partial charge is 0.164 e. The van der Waals surface area contributed by atoms with Crippen LogP contribution in [0.2, 0.25) is 0 Å². The molecule has 0 saturated heterocycles. The first-order valence-corrected chi connectivity index (χ1v) is 15.0. The van der Waals surface area contributed by atoms with Gasteiger partial charge in [0.1, 0.15) is 0 Å². The van der Waals surface area contributed by atoms with Gasteiger partial charge in [-0.05, 0) is 62.7 Å². The Morgan fingerprint density at radius 1 is 0.400 bits per heavy atom. The number of hydrogen-bond donors (Lipinski definition) is 0. The molecule has 0 saturated carbocycles. The van der Waals surface area contributed by atoms with Gasteiger partial charge in [0, 0.05) is 16.7 Å². The number of rotatable bonds is 3. The lowest BCUT2D eigenvalue weighted by Crippen LogP contribution is -2.25. The van der Waals surface area contributed by atoms with Crippen molar-refractivity contribution in [1.29, 1.82) is 5.26 Å². The number of fused-ring (bicyclic) bond motifs is 10. The van der Waals surface area contributed by atoms with Gasteiger partial charge in [-0.15, -0.1) is 0 Å². The molecule has 1 atom stereocenters. The molecule has 0 radical (unpaired) electrons. The highest BCUT2D eigenvalue weighted by molar-refractivity contribution is 5.96. The van der Waals surface area contributed by atoms with Crippen molar-refractivity contribution in [2.75, 3.05) is 0 Å². The molecule has 208 valence electrons. The normalized spacial score (nSPS) is 15.2. The van der Waals surface area contributed by atoms with E-state index in [9.17, 15) is 5.26 Å². The summed E-state index contributed by atoms with van der Waals surface area (Å²) >= 11 is 0. The highest BCUT2D eigenvalue weighted by atomic mass is 15.0. The van der Waals surface area contributed by atoms with E-state index in [4.69, 9.17) is 15.0 Å². The molecule has 2 aliphatic rings. The van der Waals surface area contributed by atoms with Gasteiger partial charge in [0.05, 0.1) is 17.0 Å². The predicted octanol–water partition coefficient (Wildman–Crippen LogP) is 9.09. The average molecular weight is 573 g/mol. The molecular formula is C41H24N4. The lowest BCUT2D eigenvalue weighted by molar-refractivity contribution is 0.793. The first-order chi connectivity index (χ1) is 22.3. The largest absolute Gasteiger partial charge is 0.208 e. The van der Waals surface area contributed by atoms with E-state index < -0.39 is 5.41 Å². The minimum Gasteiger partial charge on any atom is -0.208 e. The van der Waals surface area contributed by atoms with Crippen LogP contribution in [0.15, 0.2) is 146 Å². The number of nitriles is 1. The summed E-state index contributed by atoms with van der Waals surface area (Å²) in [6.45, 7) is 0. The Hall–Kier alpha value is -6.18. The van der Waals surface area contributed by atoms with E-state index in [1.165, 1.54) is 33.4 Å². The van der Waals surface area contributed by atoms with Crippen LogP contribution >= 0.6 is 0 Å². The highest BCUT2D eigenvalue weighted by Crippen LogP contribution is 2.63. The fourth-order valence-electron chi connectivity index (χ4n) is 7.29. The molecule has 0 N–H and O–H groups in total. The van der Waals surface area contributed by atoms with E-state index in [-0.39, 0.29) is 0 Å². The summed E-state index contributed by atoms with van der Waals surface area (Å²) in [5, 5.41) is 9.91. The summed E-state index contributed by atoms with van der Waals surface area (Å²) < 4.78 is 0. The van der Waals surface area contributed by atoms with Gasteiger partial charge in [-0.25, -0.2) is 15.0 Å². The van der Waals surface area contributed by atoms with Crippen molar-refractivity contribution < 1.29 is 0 Å². The Morgan fingerprint density at radius 3 is 1.49 bits per heavy atom. The number of aromatic nitrogens is 3.